The normalized spacial score (nSPS) is 14.3. The van der Waals surface area contributed by atoms with Gasteiger partial charge >= 0.3 is 0 Å². The minimum absolute atomic E-state index is 0.106. The molecule has 6 nitrogen and oxygen atoms in total. The number of rotatable bonds is 4. The summed E-state index contributed by atoms with van der Waals surface area (Å²) >= 11 is 3.29. The van der Waals surface area contributed by atoms with E-state index in [1.807, 2.05) is 27.8 Å². The second-order valence-corrected chi connectivity index (χ2v) is 6.74. The van der Waals surface area contributed by atoms with Crippen LogP contribution in [0.2, 0.25) is 0 Å². The van der Waals surface area contributed by atoms with Gasteiger partial charge in [0.25, 0.3) is 5.91 Å². The van der Waals surface area contributed by atoms with Crippen LogP contribution in [0, 0.1) is 0 Å². The number of hydrogen-bond donors (Lipinski definition) is 2. The first-order chi connectivity index (χ1) is 11.3. The van der Waals surface area contributed by atoms with E-state index in [2.05, 4.69) is 20.3 Å². The molecular weight excluding hydrogens is 330 g/mol. The molecule has 1 aliphatic rings. The zero-order valence-electron chi connectivity index (χ0n) is 12.0. The van der Waals surface area contributed by atoms with E-state index in [4.69, 9.17) is 0 Å². The van der Waals surface area contributed by atoms with Gasteiger partial charge in [0.1, 0.15) is 5.69 Å². The highest BCUT2D eigenvalue weighted by atomic mass is 32.2. The Balaban J connectivity index is 1.44. The largest absolute Gasteiger partial charge is 0.350 e. The number of hydrogen-bond acceptors (Lipinski definition) is 6. The fourth-order valence-electron chi connectivity index (χ4n) is 2.37. The highest BCUT2D eigenvalue weighted by Gasteiger charge is 2.19. The Bertz CT molecular complexity index is 842. The molecule has 4 heterocycles. The molecule has 0 saturated heterocycles. The first kappa shape index (κ1) is 14.3. The van der Waals surface area contributed by atoms with Gasteiger partial charge in [0.15, 0.2) is 5.82 Å². The van der Waals surface area contributed by atoms with Gasteiger partial charge in [-0.2, -0.15) is 0 Å². The SMILES string of the molecule is O=C(NCC1=CSCN1c1cnccn1)c1cc2sccc2[nH]1. The molecule has 2 N–H and O–H groups in total. The minimum atomic E-state index is -0.106. The molecule has 3 aromatic rings. The van der Waals surface area contributed by atoms with Crippen LogP contribution < -0.4 is 10.2 Å². The van der Waals surface area contributed by atoms with Gasteiger partial charge in [-0.15, -0.1) is 23.1 Å². The van der Waals surface area contributed by atoms with Crippen LogP contribution in [0.5, 0.6) is 0 Å². The summed E-state index contributed by atoms with van der Waals surface area (Å²) in [6, 6.07) is 3.86. The topological polar surface area (TPSA) is 73.9 Å². The van der Waals surface area contributed by atoms with Gasteiger partial charge in [-0.3, -0.25) is 9.78 Å². The van der Waals surface area contributed by atoms with E-state index < -0.39 is 0 Å². The molecule has 0 saturated carbocycles. The second-order valence-electron chi connectivity index (χ2n) is 4.96. The number of aromatic nitrogens is 3. The van der Waals surface area contributed by atoms with Crippen molar-refractivity contribution in [3.8, 4) is 0 Å². The summed E-state index contributed by atoms with van der Waals surface area (Å²) < 4.78 is 1.09. The third kappa shape index (κ3) is 2.82. The van der Waals surface area contributed by atoms with E-state index in [0.29, 0.717) is 12.2 Å². The van der Waals surface area contributed by atoms with Crippen molar-refractivity contribution in [2.45, 2.75) is 0 Å². The van der Waals surface area contributed by atoms with E-state index in [0.717, 1.165) is 27.6 Å². The molecule has 0 atom stereocenters. The number of carbonyl (C=O) groups excluding carboxylic acids is 1. The van der Waals surface area contributed by atoms with E-state index in [9.17, 15) is 4.79 Å². The van der Waals surface area contributed by atoms with Gasteiger partial charge in [-0.05, 0) is 22.9 Å². The lowest BCUT2D eigenvalue weighted by atomic mass is 10.3. The number of aromatic amines is 1. The molecule has 116 valence electrons. The van der Waals surface area contributed by atoms with Crippen molar-refractivity contribution < 1.29 is 4.79 Å². The van der Waals surface area contributed by atoms with Crippen molar-refractivity contribution in [2.75, 3.05) is 17.3 Å². The van der Waals surface area contributed by atoms with Gasteiger partial charge in [0.05, 0.1) is 28.8 Å². The summed E-state index contributed by atoms with van der Waals surface area (Å²) in [4.78, 5) is 25.9. The Morgan fingerprint density at radius 3 is 3.22 bits per heavy atom. The molecule has 0 bridgehead atoms. The smallest absolute Gasteiger partial charge is 0.268 e. The average molecular weight is 343 g/mol. The van der Waals surface area contributed by atoms with Gasteiger partial charge in [0.2, 0.25) is 0 Å². The van der Waals surface area contributed by atoms with Crippen molar-refractivity contribution in [3.63, 3.8) is 0 Å². The summed E-state index contributed by atoms with van der Waals surface area (Å²) in [5, 5.41) is 7.00. The number of thioether (sulfide) groups is 1. The molecule has 0 aromatic carbocycles. The quantitative estimate of drug-likeness (QED) is 0.762. The fourth-order valence-corrected chi connectivity index (χ4v) is 4.08. The Hall–Kier alpha value is -2.32. The standard InChI is InChI=1S/C15H13N5OS2/c21-15(12-5-13-11(19-12)1-4-23-13)18-6-10-8-22-9-20(10)14-7-16-2-3-17-14/h1-5,7-8,19H,6,9H2,(H,18,21). The number of carbonyl (C=O) groups is 1. The predicted octanol–water partition coefficient (Wildman–Crippen LogP) is 2.80. The molecule has 0 spiro atoms. The van der Waals surface area contributed by atoms with Crippen molar-refractivity contribution in [1.82, 2.24) is 20.3 Å². The summed E-state index contributed by atoms with van der Waals surface area (Å²) in [5.74, 6) is 1.46. The minimum Gasteiger partial charge on any atom is -0.350 e. The molecule has 0 fully saturated rings. The van der Waals surface area contributed by atoms with Crippen LogP contribution in [-0.4, -0.2) is 33.3 Å². The number of amides is 1. The third-order valence-corrected chi connectivity index (χ3v) is 5.22. The van der Waals surface area contributed by atoms with Crippen LogP contribution in [-0.2, 0) is 0 Å². The molecule has 1 aliphatic heterocycles. The number of nitrogens with zero attached hydrogens (tertiary/aromatic N) is 3. The average Bonchev–Trinajstić information content (AvgIpc) is 3.28. The molecule has 8 heteroatoms. The summed E-state index contributed by atoms with van der Waals surface area (Å²) in [6.45, 7) is 0.453. The Labute approximate surface area is 140 Å². The maximum Gasteiger partial charge on any atom is 0.268 e. The van der Waals surface area contributed by atoms with Crippen LogP contribution in [0.15, 0.2) is 47.2 Å². The lowest BCUT2D eigenvalue weighted by Gasteiger charge is -2.20. The zero-order valence-corrected chi connectivity index (χ0v) is 13.7. The summed E-state index contributed by atoms with van der Waals surface area (Å²) in [5.41, 5.74) is 2.60. The maximum absolute atomic E-state index is 12.3. The lowest BCUT2D eigenvalue weighted by Crippen LogP contribution is -2.31. The number of anilines is 1. The molecule has 0 unspecified atom stereocenters. The Morgan fingerprint density at radius 2 is 2.39 bits per heavy atom. The zero-order chi connectivity index (χ0) is 15.6. The molecule has 4 rings (SSSR count). The van der Waals surface area contributed by atoms with Gasteiger partial charge in [-0.25, -0.2) is 4.98 Å². The monoisotopic (exact) mass is 343 g/mol. The van der Waals surface area contributed by atoms with Gasteiger partial charge in [0, 0.05) is 18.1 Å². The predicted molar refractivity (Wildman–Crippen MR) is 93.6 cm³/mol. The van der Waals surface area contributed by atoms with E-state index in [1.54, 1.807) is 41.7 Å². The van der Waals surface area contributed by atoms with Crippen LogP contribution in [0.3, 0.4) is 0 Å². The highest BCUT2D eigenvalue weighted by Crippen LogP contribution is 2.27. The van der Waals surface area contributed by atoms with Crippen LogP contribution >= 0.6 is 23.1 Å². The van der Waals surface area contributed by atoms with Crippen molar-refractivity contribution in [3.05, 3.63) is 52.9 Å². The van der Waals surface area contributed by atoms with Crippen LogP contribution in [0.4, 0.5) is 5.82 Å². The summed E-state index contributed by atoms with van der Waals surface area (Å²) in [7, 11) is 0. The molecule has 1 amide bonds. The van der Waals surface area contributed by atoms with Crippen molar-refractivity contribution in [2.24, 2.45) is 0 Å². The molecule has 23 heavy (non-hydrogen) atoms. The third-order valence-electron chi connectivity index (χ3n) is 3.51. The van der Waals surface area contributed by atoms with Crippen molar-refractivity contribution >= 4 is 45.0 Å². The Morgan fingerprint density at radius 1 is 1.43 bits per heavy atom. The second kappa shape index (κ2) is 6.05. The highest BCUT2D eigenvalue weighted by molar-refractivity contribution is 8.02. The maximum atomic E-state index is 12.3. The molecule has 3 aromatic heterocycles. The molecular formula is C15H13N5OS2. The Kier molecular flexibility index (Phi) is 3.76. The molecule has 0 radical (unpaired) electrons. The van der Waals surface area contributed by atoms with E-state index >= 15 is 0 Å². The first-order valence-electron chi connectivity index (χ1n) is 7.00. The number of thiophene rings is 1. The van der Waals surface area contributed by atoms with Crippen LogP contribution in [0.25, 0.3) is 10.2 Å². The molecule has 0 aliphatic carbocycles. The lowest BCUT2D eigenvalue weighted by molar-refractivity contribution is 0.0953. The number of H-pyrrole nitrogens is 1. The van der Waals surface area contributed by atoms with Gasteiger partial charge < -0.3 is 15.2 Å². The number of fused-ring (bicyclic) bond motifs is 1. The fraction of sp³-hybridized carbons (Fsp3) is 0.133. The van der Waals surface area contributed by atoms with Crippen molar-refractivity contribution in [1.29, 1.82) is 0 Å². The van der Waals surface area contributed by atoms with E-state index in [-0.39, 0.29) is 5.91 Å². The first-order valence-corrected chi connectivity index (χ1v) is 8.93. The summed E-state index contributed by atoms with van der Waals surface area (Å²) in [6.07, 6.45) is 5.04. The van der Waals surface area contributed by atoms with E-state index in [1.165, 1.54) is 0 Å². The number of nitrogens with one attached hydrogen (secondary N) is 2. The van der Waals surface area contributed by atoms with Gasteiger partial charge in [-0.1, -0.05) is 0 Å². The van der Waals surface area contributed by atoms with Crippen LogP contribution in [0.1, 0.15) is 10.5 Å².